The second-order valence-corrected chi connectivity index (χ2v) is 6.52. The zero-order valence-electron chi connectivity index (χ0n) is 12.1. The lowest BCUT2D eigenvalue weighted by molar-refractivity contribution is 0.0926. The Morgan fingerprint density at radius 1 is 1.22 bits per heavy atom. The normalized spacial score (nSPS) is 29.8. The molecule has 0 radical (unpaired) electrons. The van der Waals surface area contributed by atoms with Crippen LogP contribution in [0.2, 0.25) is 0 Å². The van der Waals surface area contributed by atoms with Crippen molar-refractivity contribution in [1.29, 1.82) is 0 Å². The van der Waals surface area contributed by atoms with Crippen LogP contribution in [0.5, 0.6) is 0 Å². The predicted octanol–water partition coefficient (Wildman–Crippen LogP) is 2.14. The zero-order chi connectivity index (χ0) is 13.0. The van der Waals surface area contributed by atoms with Crippen LogP contribution in [0.3, 0.4) is 0 Å². The average Bonchev–Trinajstić information content (AvgIpc) is 3.17. The van der Waals surface area contributed by atoms with Crippen LogP contribution in [0.1, 0.15) is 58.8 Å². The average molecular weight is 254 g/mol. The first-order valence-corrected chi connectivity index (χ1v) is 7.79. The Morgan fingerprint density at radius 2 is 2.00 bits per heavy atom. The topological polar surface area (TPSA) is 35.5 Å². The van der Waals surface area contributed by atoms with E-state index in [1.165, 1.54) is 51.5 Å². The monoisotopic (exact) mass is 254 g/mol. The van der Waals surface area contributed by atoms with Crippen LogP contribution in [0.4, 0.5) is 0 Å². The van der Waals surface area contributed by atoms with Gasteiger partial charge in [0, 0.05) is 18.6 Å². The number of aliphatic hydroxyl groups is 1. The van der Waals surface area contributed by atoms with Crippen molar-refractivity contribution in [3.8, 4) is 0 Å². The molecule has 2 unspecified atom stereocenters. The number of aliphatic hydroxyl groups excluding tert-OH is 1. The van der Waals surface area contributed by atoms with Crippen LogP contribution in [0.25, 0.3) is 0 Å². The molecule has 2 aliphatic rings. The van der Waals surface area contributed by atoms with Crippen LogP contribution in [0.15, 0.2) is 0 Å². The van der Waals surface area contributed by atoms with E-state index in [-0.39, 0.29) is 12.1 Å². The summed E-state index contributed by atoms with van der Waals surface area (Å²) in [6.45, 7) is 6.94. The molecular weight excluding hydrogens is 224 g/mol. The third kappa shape index (κ3) is 3.94. The summed E-state index contributed by atoms with van der Waals surface area (Å²) in [5.41, 5.74) is -0.112. The van der Waals surface area contributed by atoms with E-state index in [2.05, 4.69) is 24.1 Å². The fourth-order valence-corrected chi connectivity index (χ4v) is 3.22. The summed E-state index contributed by atoms with van der Waals surface area (Å²) in [4.78, 5) is 2.62. The first kappa shape index (κ1) is 14.3. The highest BCUT2D eigenvalue weighted by molar-refractivity contribution is 4.95. The van der Waals surface area contributed by atoms with Gasteiger partial charge in [0.1, 0.15) is 0 Å². The molecule has 2 N–H and O–H groups in total. The number of nitrogens with zero attached hydrogens (tertiary/aromatic N) is 1. The molecule has 2 atom stereocenters. The summed E-state index contributed by atoms with van der Waals surface area (Å²) in [7, 11) is 0. The minimum absolute atomic E-state index is 0.112. The van der Waals surface area contributed by atoms with E-state index in [0.717, 1.165) is 12.6 Å². The van der Waals surface area contributed by atoms with Crippen molar-refractivity contribution < 1.29 is 5.11 Å². The molecule has 0 spiro atoms. The second kappa shape index (κ2) is 6.36. The van der Waals surface area contributed by atoms with Gasteiger partial charge in [-0.25, -0.2) is 0 Å². The Morgan fingerprint density at radius 3 is 2.61 bits per heavy atom. The molecule has 106 valence electrons. The summed E-state index contributed by atoms with van der Waals surface area (Å²) in [6, 6.07) is 1.38. The quantitative estimate of drug-likeness (QED) is 0.762. The molecule has 1 heterocycles. The molecule has 1 aliphatic carbocycles. The first-order chi connectivity index (χ1) is 8.67. The Hall–Kier alpha value is -0.120. The summed E-state index contributed by atoms with van der Waals surface area (Å²) < 4.78 is 0. The van der Waals surface area contributed by atoms with Crippen LogP contribution in [-0.2, 0) is 0 Å². The van der Waals surface area contributed by atoms with Crippen molar-refractivity contribution in [3.05, 3.63) is 0 Å². The van der Waals surface area contributed by atoms with E-state index < -0.39 is 0 Å². The molecule has 2 fully saturated rings. The highest BCUT2D eigenvalue weighted by Crippen LogP contribution is 2.25. The van der Waals surface area contributed by atoms with E-state index >= 15 is 0 Å². The van der Waals surface area contributed by atoms with Crippen LogP contribution >= 0.6 is 0 Å². The van der Waals surface area contributed by atoms with Crippen LogP contribution < -0.4 is 5.32 Å². The maximum atomic E-state index is 9.73. The van der Waals surface area contributed by atoms with Crippen LogP contribution in [0, 0.1) is 0 Å². The fourth-order valence-electron chi connectivity index (χ4n) is 3.22. The third-order valence-corrected chi connectivity index (χ3v) is 4.50. The Kier molecular flexibility index (Phi) is 5.05. The lowest BCUT2D eigenvalue weighted by Crippen LogP contribution is -2.56. The van der Waals surface area contributed by atoms with E-state index in [4.69, 9.17) is 0 Å². The van der Waals surface area contributed by atoms with Gasteiger partial charge in [0.2, 0.25) is 0 Å². The largest absolute Gasteiger partial charge is 0.394 e. The smallest absolute Gasteiger partial charge is 0.0623 e. The maximum absolute atomic E-state index is 9.73. The second-order valence-electron chi connectivity index (χ2n) is 6.52. The first-order valence-electron chi connectivity index (χ1n) is 7.79. The van der Waals surface area contributed by atoms with Crippen molar-refractivity contribution >= 4 is 0 Å². The SMILES string of the molecule is CCC1CCCCCN1CC(C)(CO)NC1CC1. The summed E-state index contributed by atoms with van der Waals surface area (Å²) >= 11 is 0. The van der Waals surface area contributed by atoms with Crippen LogP contribution in [-0.4, -0.2) is 47.3 Å². The third-order valence-electron chi connectivity index (χ3n) is 4.50. The molecule has 0 aromatic carbocycles. The number of hydrogen-bond acceptors (Lipinski definition) is 3. The summed E-state index contributed by atoms with van der Waals surface area (Å²) in [5.74, 6) is 0. The van der Waals surface area contributed by atoms with E-state index in [9.17, 15) is 5.11 Å². The van der Waals surface area contributed by atoms with E-state index in [1.54, 1.807) is 0 Å². The van der Waals surface area contributed by atoms with Crippen molar-refractivity contribution in [2.24, 2.45) is 0 Å². The molecule has 0 bridgehead atoms. The van der Waals surface area contributed by atoms with Gasteiger partial charge in [-0.2, -0.15) is 0 Å². The number of hydrogen-bond donors (Lipinski definition) is 2. The lowest BCUT2D eigenvalue weighted by Gasteiger charge is -2.38. The fraction of sp³-hybridized carbons (Fsp3) is 1.00. The summed E-state index contributed by atoms with van der Waals surface area (Å²) in [5, 5.41) is 13.4. The standard InChI is InChI=1S/C15H30N2O/c1-3-14-7-5-4-6-10-17(14)11-15(2,12-18)16-13-8-9-13/h13-14,16,18H,3-12H2,1-2H3. The molecule has 0 aromatic rings. The molecule has 0 amide bonds. The molecule has 1 saturated carbocycles. The van der Waals surface area contributed by atoms with Gasteiger partial charge in [-0.05, 0) is 45.6 Å². The Labute approximate surface area is 112 Å². The molecule has 2 rings (SSSR count). The number of likely N-dealkylation sites (tertiary alicyclic amines) is 1. The summed E-state index contributed by atoms with van der Waals surface area (Å²) in [6.07, 6.45) is 9.22. The van der Waals surface area contributed by atoms with Gasteiger partial charge < -0.3 is 10.4 Å². The molecule has 18 heavy (non-hydrogen) atoms. The predicted molar refractivity (Wildman–Crippen MR) is 75.8 cm³/mol. The highest BCUT2D eigenvalue weighted by Gasteiger charge is 2.34. The van der Waals surface area contributed by atoms with Gasteiger partial charge in [0.05, 0.1) is 12.1 Å². The maximum Gasteiger partial charge on any atom is 0.0623 e. The van der Waals surface area contributed by atoms with Gasteiger partial charge in [0.15, 0.2) is 0 Å². The van der Waals surface area contributed by atoms with E-state index in [1.807, 2.05) is 0 Å². The van der Waals surface area contributed by atoms with E-state index in [0.29, 0.717) is 6.04 Å². The minimum Gasteiger partial charge on any atom is -0.394 e. The van der Waals surface area contributed by atoms with Gasteiger partial charge in [0.25, 0.3) is 0 Å². The molecule has 1 saturated heterocycles. The molecule has 3 nitrogen and oxygen atoms in total. The Bertz CT molecular complexity index is 255. The lowest BCUT2D eigenvalue weighted by atomic mass is 10.00. The van der Waals surface area contributed by atoms with Gasteiger partial charge in [-0.1, -0.05) is 19.8 Å². The molecule has 3 heteroatoms. The van der Waals surface area contributed by atoms with Crippen molar-refractivity contribution in [2.45, 2.75) is 76.4 Å². The van der Waals surface area contributed by atoms with Crippen molar-refractivity contribution in [2.75, 3.05) is 19.7 Å². The van der Waals surface area contributed by atoms with Crippen molar-refractivity contribution in [1.82, 2.24) is 10.2 Å². The van der Waals surface area contributed by atoms with Gasteiger partial charge in [-0.3, -0.25) is 4.90 Å². The minimum atomic E-state index is -0.112. The zero-order valence-corrected chi connectivity index (χ0v) is 12.1. The molecular formula is C15H30N2O. The molecule has 1 aliphatic heterocycles. The highest BCUT2D eigenvalue weighted by atomic mass is 16.3. The number of nitrogens with one attached hydrogen (secondary N) is 1. The molecule has 0 aromatic heterocycles. The van der Waals surface area contributed by atoms with Gasteiger partial charge in [-0.15, -0.1) is 0 Å². The van der Waals surface area contributed by atoms with Gasteiger partial charge >= 0.3 is 0 Å². The Balaban J connectivity index is 1.94. The van der Waals surface area contributed by atoms with Crippen molar-refractivity contribution in [3.63, 3.8) is 0 Å². The number of rotatable bonds is 6.